The number of amides is 2. The summed E-state index contributed by atoms with van der Waals surface area (Å²) in [5.41, 5.74) is 5.01. The van der Waals surface area contributed by atoms with Crippen LogP contribution >= 0.6 is 0 Å². The van der Waals surface area contributed by atoms with Gasteiger partial charge in [0, 0.05) is 68.5 Å². The minimum atomic E-state index is -4.85. The largest absolute Gasteiger partial charge is 0.471 e. The van der Waals surface area contributed by atoms with Crippen LogP contribution in [0.15, 0.2) is 42.5 Å². The number of β-amino-alcohol motifs (C(OH)–C–C–N with tert-alkyl or cyclic N) is 1. The third-order valence-corrected chi connectivity index (χ3v) is 9.67. The van der Waals surface area contributed by atoms with Crippen molar-refractivity contribution in [2.24, 2.45) is 0 Å². The third-order valence-electron chi connectivity index (χ3n) is 9.67. The number of aliphatic hydroxyl groups is 1. The number of benzene rings is 2. The van der Waals surface area contributed by atoms with Gasteiger partial charge in [-0.3, -0.25) is 14.5 Å². The molecular weight excluding hydrogens is 545 g/mol. The van der Waals surface area contributed by atoms with Gasteiger partial charge in [0.1, 0.15) is 0 Å². The zero-order valence-corrected chi connectivity index (χ0v) is 23.8. The Morgan fingerprint density at radius 2 is 1.74 bits per heavy atom. The molecule has 226 valence electrons. The summed E-state index contributed by atoms with van der Waals surface area (Å²) in [7, 11) is 0. The van der Waals surface area contributed by atoms with E-state index in [2.05, 4.69) is 28.4 Å². The van der Waals surface area contributed by atoms with Crippen LogP contribution in [0.1, 0.15) is 65.6 Å². The highest BCUT2D eigenvalue weighted by Crippen LogP contribution is 2.46. The fourth-order valence-electron chi connectivity index (χ4n) is 7.55. The summed E-state index contributed by atoms with van der Waals surface area (Å²) in [5, 5.41) is 14.5. The van der Waals surface area contributed by atoms with Gasteiger partial charge in [-0.2, -0.15) is 13.2 Å². The number of halogens is 3. The third kappa shape index (κ3) is 5.88. The van der Waals surface area contributed by atoms with Crippen molar-refractivity contribution in [2.75, 3.05) is 44.6 Å². The van der Waals surface area contributed by atoms with Crippen molar-refractivity contribution >= 4 is 17.5 Å². The van der Waals surface area contributed by atoms with E-state index >= 15 is 0 Å². The van der Waals surface area contributed by atoms with Crippen LogP contribution in [0, 0.1) is 0 Å². The molecule has 0 unspecified atom stereocenters. The minimum Gasteiger partial charge on any atom is -0.390 e. The quantitative estimate of drug-likeness (QED) is 0.529. The van der Waals surface area contributed by atoms with Crippen LogP contribution < -0.4 is 5.32 Å². The molecule has 0 aromatic heterocycles. The van der Waals surface area contributed by atoms with Crippen molar-refractivity contribution < 1.29 is 27.9 Å². The van der Waals surface area contributed by atoms with Gasteiger partial charge in [-0.25, -0.2) is 0 Å². The lowest BCUT2D eigenvalue weighted by Gasteiger charge is -2.43. The average Bonchev–Trinajstić information content (AvgIpc) is 3.44. The molecule has 2 N–H and O–H groups in total. The Balaban J connectivity index is 1.13. The number of carbonyl (C=O) groups is 2. The lowest BCUT2D eigenvalue weighted by Crippen LogP contribution is -2.52. The average molecular weight is 585 g/mol. The first kappa shape index (κ1) is 29.0. The number of nitrogens with one attached hydrogen (secondary N) is 1. The highest BCUT2D eigenvalue weighted by atomic mass is 19.4. The van der Waals surface area contributed by atoms with Gasteiger partial charge >= 0.3 is 12.1 Å². The first-order valence-electron chi connectivity index (χ1n) is 15.1. The lowest BCUT2D eigenvalue weighted by atomic mass is 9.73. The predicted octanol–water partition coefficient (Wildman–Crippen LogP) is 4.34. The summed E-state index contributed by atoms with van der Waals surface area (Å²) < 4.78 is 38.5. The number of aliphatic hydroxyl groups excluding tert-OH is 1. The molecule has 42 heavy (non-hydrogen) atoms. The Kier molecular flexibility index (Phi) is 7.95. The van der Waals surface area contributed by atoms with E-state index in [4.69, 9.17) is 0 Å². The minimum absolute atomic E-state index is 0.0389. The van der Waals surface area contributed by atoms with Crippen molar-refractivity contribution in [3.05, 3.63) is 64.7 Å². The molecule has 7 nitrogen and oxygen atoms in total. The van der Waals surface area contributed by atoms with Gasteiger partial charge in [0.05, 0.1) is 6.10 Å². The molecule has 1 saturated carbocycles. The van der Waals surface area contributed by atoms with Crippen molar-refractivity contribution in [3.8, 4) is 0 Å². The second kappa shape index (κ2) is 11.5. The van der Waals surface area contributed by atoms with Crippen LogP contribution in [0.3, 0.4) is 0 Å². The Bertz CT molecular complexity index is 1320. The summed E-state index contributed by atoms with van der Waals surface area (Å²) >= 11 is 0. The number of hydrogen-bond acceptors (Lipinski definition) is 5. The van der Waals surface area contributed by atoms with Crippen molar-refractivity contribution in [1.29, 1.82) is 0 Å². The van der Waals surface area contributed by atoms with E-state index in [1.807, 2.05) is 29.2 Å². The van der Waals surface area contributed by atoms with Gasteiger partial charge in [-0.05, 0) is 60.9 Å². The van der Waals surface area contributed by atoms with Crippen LogP contribution in [0.4, 0.5) is 18.9 Å². The molecule has 2 fully saturated rings. The van der Waals surface area contributed by atoms with Crippen LogP contribution in [0.5, 0.6) is 0 Å². The number of carbonyl (C=O) groups excluding carboxylic acids is 2. The maximum atomic E-state index is 13.8. The molecule has 2 amide bonds. The number of nitrogens with zero attached hydrogens (tertiary/aromatic N) is 3. The number of hydrogen-bond donors (Lipinski definition) is 2. The highest BCUT2D eigenvalue weighted by Gasteiger charge is 2.46. The Hall–Kier alpha value is -3.11. The van der Waals surface area contributed by atoms with Crippen molar-refractivity contribution in [2.45, 2.75) is 75.2 Å². The zero-order chi connectivity index (χ0) is 29.5. The molecule has 4 aliphatic rings. The number of alkyl halides is 3. The first-order valence-corrected chi connectivity index (χ1v) is 15.1. The SMILES string of the molecule is O=C1c2cc(NC3CCN(C(=O)C(F)(F)F)CC3)ccc2C2(CCCC2)CN1C[C@H](O)CN1CCc2ccccc2C1. The lowest BCUT2D eigenvalue weighted by molar-refractivity contribution is -0.186. The molecule has 1 aliphatic carbocycles. The van der Waals surface area contributed by atoms with E-state index in [1.165, 1.54) is 11.1 Å². The molecule has 1 saturated heterocycles. The van der Waals surface area contributed by atoms with Crippen LogP contribution in [0.2, 0.25) is 0 Å². The first-order chi connectivity index (χ1) is 20.1. The molecule has 0 radical (unpaired) electrons. The van der Waals surface area contributed by atoms with Gasteiger partial charge in [0.2, 0.25) is 0 Å². The van der Waals surface area contributed by atoms with Crippen molar-refractivity contribution in [1.82, 2.24) is 14.7 Å². The van der Waals surface area contributed by atoms with E-state index in [1.54, 1.807) is 0 Å². The number of fused-ring (bicyclic) bond motifs is 3. The summed E-state index contributed by atoms with van der Waals surface area (Å²) in [5.74, 6) is -1.87. The van der Waals surface area contributed by atoms with Gasteiger partial charge in [-0.1, -0.05) is 43.2 Å². The van der Waals surface area contributed by atoms with E-state index in [0.29, 0.717) is 31.5 Å². The van der Waals surface area contributed by atoms with Crippen molar-refractivity contribution in [3.63, 3.8) is 0 Å². The summed E-state index contributed by atoms with van der Waals surface area (Å²) in [4.78, 5) is 30.4. The van der Waals surface area contributed by atoms with E-state index < -0.39 is 18.2 Å². The normalized spacial score (nSPS) is 21.8. The maximum absolute atomic E-state index is 13.8. The fourth-order valence-corrected chi connectivity index (χ4v) is 7.55. The monoisotopic (exact) mass is 584 g/mol. The van der Waals surface area contributed by atoms with Gasteiger partial charge < -0.3 is 20.2 Å². The highest BCUT2D eigenvalue weighted by molar-refractivity contribution is 5.98. The number of likely N-dealkylation sites (tertiary alicyclic amines) is 1. The fraction of sp³-hybridized carbons (Fsp3) is 0.562. The van der Waals surface area contributed by atoms with E-state index in [-0.39, 0.29) is 37.0 Å². The molecule has 1 atom stereocenters. The molecule has 0 bridgehead atoms. The molecule has 2 aromatic carbocycles. The number of rotatable bonds is 6. The molecule has 3 aliphatic heterocycles. The summed E-state index contributed by atoms with van der Waals surface area (Å²) in [6.45, 7) is 3.15. The number of piperidine rings is 1. The Labute approximate surface area is 244 Å². The molecule has 2 aromatic rings. The maximum Gasteiger partial charge on any atom is 0.471 e. The van der Waals surface area contributed by atoms with Gasteiger partial charge in [0.15, 0.2) is 0 Å². The van der Waals surface area contributed by atoms with Crippen LogP contribution in [0.25, 0.3) is 0 Å². The predicted molar refractivity (Wildman–Crippen MR) is 153 cm³/mol. The second-order valence-electron chi connectivity index (χ2n) is 12.5. The van der Waals surface area contributed by atoms with Gasteiger partial charge in [-0.15, -0.1) is 0 Å². The molecule has 3 heterocycles. The summed E-state index contributed by atoms with van der Waals surface area (Å²) in [6, 6.07) is 14.2. The molecular formula is C32H39F3N4O3. The Morgan fingerprint density at radius 1 is 1.02 bits per heavy atom. The molecule has 10 heteroatoms. The Morgan fingerprint density at radius 3 is 2.45 bits per heavy atom. The van der Waals surface area contributed by atoms with Gasteiger partial charge in [0.25, 0.3) is 5.91 Å². The molecule has 6 rings (SSSR count). The summed E-state index contributed by atoms with van der Waals surface area (Å²) in [6.07, 6.45) is 0.446. The number of anilines is 1. The second-order valence-corrected chi connectivity index (χ2v) is 12.5. The van der Waals surface area contributed by atoms with Crippen LogP contribution in [-0.2, 0) is 23.2 Å². The smallest absolute Gasteiger partial charge is 0.390 e. The van der Waals surface area contributed by atoms with Crippen LogP contribution in [-0.4, -0.2) is 89.2 Å². The molecule has 1 spiro atoms. The van der Waals surface area contributed by atoms with E-state index in [9.17, 15) is 27.9 Å². The van der Waals surface area contributed by atoms with E-state index in [0.717, 1.165) is 61.3 Å². The topological polar surface area (TPSA) is 76.1 Å². The standard InChI is InChI=1S/C32H39F3N4O3/c33-32(34,35)30(42)38-15-10-24(11-16-38)36-25-7-8-28-27(17-25)29(41)39(21-31(28)12-3-4-13-31)20-26(40)19-37-14-9-22-5-1-2-6-23(22)18-37/h1-2,5-8,17,24,26,36,40H,3-4,9-16,18-21H2/t26-/m1/s1. The zero-order valence-electron chi connectivity index (χ0n) is 23.8.